The lowest BCUT2D eigenvalue weighted by Gasteiger charge is -2.07. The maximum Gasteiger partial charge on any atom is 0.259 e. The van der Waals surface area contributed by atoms with E-state index in [0.29, 0.717) is 0 Å². The smallest absolute Gasteiger partial charge is 0.259 e. The first-order chi connectivity index (χ1) is 8.58. The van der Waals surface area contributed by atoms with Crippen LogP contribution in [0.25, 0.3) is 0 Å². The van der Waals surface area contributed by atoms with Crippen LogP contribution in [0.5, 0.6) is 0 Å². The number of pyridine rings is 1. The third-order valence-electron chi connectivity index (χ3n) is 2.15. The van der Waals surface area contributed by atoms with Crippen molar-refractivity contribution in [2.45, 2.75) is 0 Å². The second-order valence-corrected chi connectivity index (χ2v) is 4.21. The third kappa shape index (κ3) is 2.78. The van der Waals surface area contributed by atoms with Gasteiger partial charge in [0.25, 0.3) is 5.91 Å². The van der Waals surface area contributed by atoms with Crippen molar-refractivity contribution in [3.05, 3.63) is 58.0 Å². The van der Waals surface area contributed by atoms with Gasteiger partial charge < -0.3 is 5.32 Å². The monoisotopic (exact) mass is 284 g/mol. The van der Waals surface area contributed by atoms with Crippen LogP contribution in [0, 0.1) is 5.95 Å². The molecule has 0 saturated heterocycles. The topological polar surface area (TPSA) is 42.0 Å². The summed E-state index contributed by atoms with van der Waals surface area (Å²) in [5, 5.41) is 2.86. The van der Waals surface area contributed by atoms with E-state index >= 15 is 0 Å². The number of amides is 1. The third-order valence-corrected chi connectivity index (χ3v) is 2.78. The predicted molar refractivity (Wildman–Crippen MR) is 68.6 cm³/mol. The summed E-state index contributed by atoms with van der Waals surface area (Å²) in [4.78, 5) is 15.4. The van der Waals surface area contributed by atoms with Crippen LogP contribution in [-0.2, 0) is 0 Å². The molecule has 1 aromatic heterocycles. The Morgan fingerprint density at radius 3 is 2.33 bits per heavy atom. The van der Waals surface area contributed by atoms with Gasteiger partial charge in [0.2, 0.25) is 5.95 Å². The Hall–Kier alpha value is -1.65. The minimum Gasteiger partial charge on any atom is -0.306 e. The van der Waals surface area contributed by atoms with Crippen molar-refractivity contribution >= 4 is 34.9 Å². The van der Waals surface area contributed by atoms with Crippen LogP contribution >= 0.6 is 23.2 Å². The molecule has 2 rings (SSSR count). The van der Waals surface area contributed by atoms with Crippen molar-refractivity contribution in [2.75, 3.05) is 5.32 Å². The molecule has 2 aromatic rings. The molecule has 0 bridgehead atoms. The van der Waals surface area contributed by atoms with Gasteiger partial charge in [-0.15, -0.1) is 0 Å². The van der Waals surface area contributed by atoms with Gasteiger partial charge in [-0.1, -0.05) is 35.3 Å². The molecule has 92 valence electrons. The maximum absolute atomic E-state index is 12.9. The molecular formula is C12H7Cl2FN2O. The molecule has 0 spiro atoms. The zero-order chi connectivity index (χ0) is 13.1. The van der Waals surface area contributed by atoms with Gasteiger partial charge in [-0.2, -0.15) is 4.39 Å². The van der Waals surface area contributed by atoms with E-state index in [9.17, 15) is 9.18 Å². The molecule has 1 aromatic carbocycles. The molecule has 0 aliphatic rings. The summed E-state index contributed by atoms with van der Waals surface area (Å²) >= 11 is 11.8. The fourth-order valence-corrected chi connectivity index (χ4v) is 1.94. The summed E-state index contributed by atoms with van der Waals surface area (Å²) in [6, 6.07) is 8.79. The molecule has 6 heteroatoms. The van der Waals surface area contributed by atoms with Gasteiger partial charge in [-0.05, 0) is 24.3 Å². The lowest BCUT2D eigenvalue weighted by atomic mass is 10.2. The first kappa shape index (κ1) is 12.8. The standard InChI is InChI=1S/C12H7Cl2FN2O/c13-7-3-1-4-8(14)11(7)12(18)17-10-6-2-5-9(15)16-10/h1-6H,(H,16,17,18). The van der Waals surface area contributed by atoms with Crippen molar-refractivity contribution in [2.24, 2.45) is 0 Å². The van der Waals surface area contributed by atoms with Gasteiger partial charge in [-0.25, -0.2) is 4.98 Å². The Labute approximate surface area is 113 Å². The van der Waals surface area contributed by atoms with Gasteiger partial charge >= 0.3 is 0 Å². The molecule has 1 heterocycles. The first-order valence-corrected chi connectivity index (χ1v) is 5.71. The van der Waals surface area contributed by atoms with Crippen molar-refractivity contribution in [1.82, 2.24) is 4.98 Å². The Balaban J connectivity index is 2.28. The summed E-state index contributed by atoms with van der Waals surface area (Å²) in [5.74, 6) is -1.13. The van der Waals surface area contributed by atoms with Gasteiger partial charge in [0.15, 0.2) is 0 Å². The highest BCUT2D eigenvalue weighted by molar-refractivity contribution is 6.40. The quantitative estimate of drug-likeness (QED) is 0.853. The summed E-state index contributed by atoms with van der Waals surface area (Å²) in [5.41, 5.74) is 0.131. The zero-order valence-corrected chi connectivity index (χ0v) is 10.5. The Kier molecular flexibility index (Phi) is 3.79. The average molecular weight is 285 g/mol. The summed E-state index contributed by atoms with van der Waals surface area (Å²) in [6.45, 7) is 0. The predicted octanol–water partition coefficient (Wildman–Crippen LogP) is 3.78. The van der Waals surface area contributed by atoms with E-state index in [1.54, 1.807) is 18.2 Å². The molecule has 0 radical (unpaired) electrons. The summed E-state index contributed by atoms with van der Waals surface area (Å²) in [7, 11) is 0. The SMILES string of the molecule is O=C(Nc1cccc(F)n1)c1c(Cl)cccc1Cl. The van der Waals surface area contributed by atoms with Crippen LogP contribution in [0.2, 0.25) is 10.0 Å². The first-order valence-electron chi connectivity index (χ1n) is 4.96. The van der Waals surface area contributed by atoms with Crippen molar-refractivity contribution in [3.63, 3.8) is 0 Å². The number of anilines is 1. The maximum atomic E-state index is 12.9. The highest BCUT2D eigenvalue weighted by atomic mass is 35.5. The van der Waals surface area contributed by atoms with E-state index in [0.717, 1.165) is 0 Å². The summed E-state index contributed by atoms with van der Waals surface area (Å²) in [6.07, 6.45) is 0. The van der Waals surface area contributed by atoms with Gasteiger partial charge in [0, 0.05) is 0 Å². The van der Waals surface area contributed by atoms with E-state index in [2.05, 4.69) is 10.3 Å². The van der Waals surface area contributed by atoms with E-state index in [4.69, 9.17) is 23.2 Å². The van der Waals surface area contributed by atoms with Crippen LogP contribution in [-0.4, -0.2) is 10.9 Å². The minimum atomic E-state index is -0.682. The van der Waals surface area contributed by atoms with Gasteiger partial charge in [-0.3, -0.25) is 4.79 Å². The lowest BCUT2D eigenvalue weighted by Crippen LogP contribution is -2.14. The Morgan fingerprint density at radius 1 is 1.11 bits per heavy atom. The molecule has 0 aliphatic carbocycles. The molecule has 0 fully saturated rings. The van der Waals surface area contributed by atoms with Crippen LogP contribution in [0.4, 0.5) is 10.2 Å². The van der Waals surface area contributed by atoms with Crippen LogP contribution < -0.4 is 5.32 Å². The van der Waals surface area contributed by atoms with Crippen LogP contribution in [0.15, 0.2) is 36.4 Å². The average Bonchev–Trinajstić information content (AvgIpc) is 2.28. The fourth-order valence-electron chi connectivity index (χ4n) is 1.37. The minimum absolute atomic E-state index is 0.0935. The molecule has 18 heavy (non-hydrogen) atoms. The van der Waals surface area contributed by atoms with Crippen molar-refractivity contribution < 1.29 is 9.18 Å². The molecule has 1 N–H and O–H groups in total. The van der Waals surface area contributed by atoms with Gasteiger partial charge in [0.1, 0.15) is 5.82 Å². The Morgan fingerprint density at radius 2 is 1.72 bits per heavy atom. The van der Waals surface area contributed by atoms with Crippen LogP contribution in [0.3, 0.4) is 0 Å². The van der Waals surface area contributed by atoms with E-state index in [1.165, 1.54) is 18.2 Å². The molecule has 0 unspecified atom stereocenters. The number of hydrogen-bond acceptors (Lipinski definition) is 2. The number of rotatable bonds is 2. The number of carbonyl (C=O) groups is 1. The van der Waals surface area contributed by atoms with Crippen molar-refractivity contribution in [3.8, 4) is 0 Å². The largest absolute Gasteiger partial charge is 0.306 e. The number of nitrogens with one attached hydrogen (secondary N) is 1. The van der Waals surface area contributed by atoms with E-state index in [-0.39, 0.29) is 21.4 Å². The molecule has 1 amide bonds. The molecular weight excluding hydrogens is 278 g/mol. The lowest BCUT2D eigenvalue weighted by molar-refractivity contribution is 0.102. The highest BCUT2D eigenvalue weighted by Crippen LogP contribution is 2.24. The zero-order valence-electron chi connectivity index (χ0n) is 8.95. The number of aromatic nitrogens is 1. The van der Waals surface area contributed by atoms with E-state index in [1.807, 2.05) is 0 Å². The number of halogens is 3. The van der Waals surface area contributed by atoms with Gasteiger partial charge in [0.05, 0.1) is 15.6 Å². The molecule has 0 atom stereocenters. The van der Waals surface area contributed by atoms with Crippen LogP contribution in [0.1, 0.15) is 10.4 Å². The second-order valence-electron chi connectivity index (χ2n) is 3.40. The number of hydrogen-bond donors (Lipinski definition) is 1. The fraction of sp³-hybridized carbons (Fsp3) is 0. The molecule has 0 aliphatic heterocycles. The summed E-state index contributed by atoms with van der Waals surface area (Å²) < 4.78 is 12.9. The normalized spacial score (nSPS) is 10.2. The van der Waals surface area contributed by atoms with E-state index < -0.39 is 11.9 Å². The number of benzene rings is 1. The highest BCUT2D eigenvalue weighted by Gasteiger charge is 2.15. The Bertz CT molecular complexity index is 584. The van der Waals surface area contributed by atoms with Crippen molar-refractivity contribution in [1.29, 1.82) is 0 Å². The number of nitrogens with zero attached hydrogens (tertiary/aromatic N) is 1. The second kappa shape index (κ2) is 5.33. The molecule has 0 saturated carbocycles. The number of carbonyl (C=O) groups excluding carboxylic acids is 1. The molecule has 3 nitrogen and oxygen atoms in total.